The third-order valence-corrected chi connectivity index (χ3v) is 8.56. The number of H-pyrrole nitrogens is 1. The molecule has 1 aliphatic heterocycles. The van der Waals surface area contributed by atoms with Crippen molar-refractivity contribution in [1.82, 2.24) is 20.2 Å². The van der Waals surface area contributed by atoms with Crippen LogP contribution in [-0.4, -0.2) is 59.5 Å². The molecule has 1 saturated heterocycles. The van der Waals surface area contributed by atoms with Crippen LogP contribution in [0.4, 0.5) is 0 Å². The van der Waals surface area contributed by atoms with Crippen molar-refractivity contribution >= 4 is 11.8 Å². The van der Waals surface area contributed by atoms with Crippen LogP contribution in [0.2, 0.25) is 0 Å². The summed E-state index contributed by atoms with van der Waals surface area (Å²) in [6.45, 7) is 3.78. The first-order valence-electron chi connectivity index (χ1n) is 14.8. The van der Waals surface area contributed by atoms with Crippen LogP contribution in [0.1, 0.15) is 60.9 Å². The first kappa shape index (κ1) is 28.9. The number of hydrogen-bond acceptors (Lipinski definition) is 5. The smallest absolute Gasteiger partial charge is 0.245 e. The molecule has 2 N–H and O–H groups in total. The molecule has 1 aromatic heterocycles. The summed E-state index contributed by atoms with van der Waals surface area (Å²) in [7, 11) is 1.63. The van der Waals surface area contributed by atoms with Gasteiger partial charge in [0.05, 0.1) is 38.8 Å². The van der Waals surface area contributed by atoms with Gasteiger partial charge in [-0.05, 0) is 60.9 Å². The average Bonchev–Trinajstić information content (AvgIpc) is 3.50. The fourth-order valence-electron chi connectivity index (χ4n) is 6.13. The summed E-state index contributed by atoms with van der Waals surface area (Å²) in [6.07, 6.45) is 10.8. The topological polar surface area (TPSA) is 96.5 Å². The number of hydrogen-bond donors (Lipinski definition) is 2. The van der Waals surface area contributed by atoms with Crippen LogP contribution in [0.15, 0.2) is 61.1 Å². The molecule has 2 amide bonds. The van der Waals surface area contributed by atoms with Crippen LogP contribution < -0.4 is 10.1 Å². The number of likely N-dealkylation sites (tertiary alicyclic amines) is 1. The Balaban J connectivity index is 1.30. The van der Waals surface area contributed by atoms with E-state index in [4.69, 9.17) is 9.47 Å². The van der Waals surface area contributed by atoms with E-state index in [-0.39, 0.29) is 18.2 Å². The Kier molecular flexibility index (Phi) is 9.39. The van der Waals surface area contributed by atoms with Crippen LogP contribution >= 0.6 is 0 Å². The molecule has 8 nitrogen and oxygen atoms in total. The van der Waals surface area contributed by atoms with Gasteiger partial charge in [0.25, 0.3) is 0 Å². The van der Waals surface area contributed by atoms with E-state index >= 15 is 0 Å². The Morgan fingerprint density at radius 2 is 1.85 bits per heavy atom. The third-order valence-electron chi connectivity index (χ3n) is 8.56. The van der Waals surface area contributed by atoms with Gasteiger partial charge in [0, 0.05) is 19.0 Å². The zero-order chi connectivity index (χ0) is 28.7. The predicted molar refractivity (Wildman–Crippen MR) is 158 cm³/mol. The van der Waals surface area contributed by atoms with E-state index in [0.717, 1.165) is 29.2 Å². The molecule has 41 heavy (non-hydrogen) atoms. The zero-order valence-electron chi connectivity index (χ0n) is 24.2. The van der Waals surface area contributed by atoms with E-state index in [1.54, 1.807) is 19.6 Å². The predicted octanol–water partition coefficient (Wildman–Crippen LogP) is 4.72. The van der Waals surface area contributed by atoms with Crippen LogP contribution in [-0.2, 0) is 32.8 Å². The Morgan fingerprint density at radius 3 is 2.54 bits per heavy atom. The Labute approximate surface area is 242 Å². The molecule has 0 radical (unpaired) electrons. The van der Waals surface area contributed by atoms with Gasteiger partial charge < -0.3 is 24.7 Å². The van der Waals surface area contributed by atoms with Crippen LogP contribution in [0.25, 0.3) is 0 Å². The number of benzene rings is 2. The maximum atomic E-state index is 13.9. The summed E-state index contributed by atoms with van der Waals surface area (Å²) in [5, 5.41) is 3.03. The van der Waals surface area contributed by atoms with Gasteiger partial charge in [0.2, 0.25) is 11.8 Å². The van der Waals surface area contributed by atoms with E-state index in [2.05, 4.69) is 34.3 Å². The highest BCUT2D eigenvalue weighted by molar-refractivity contribution is 5.88. The molecule has 2 aliphatic rings. The quantitative estimate of drug-likeness (QED) is 0.335. The fourth-order valence-corrected chi connectivity index (χ4v) is 6.13. The Morgan fingerprint density at radius 1 is 1.10 bits per heavy atom. The van der Waals surface area contributed by atoms with Gasteiger partial charge in [-0.3, -0.25) is 9.59 Å². The molecule has 218 valence electrons. The number of aryl methyl sites for hydroxylation is 2. The largest absolute Gasteiger partial charge is 0.497 e. The molecule has 2 heterocycles. The highest BCUT2D eigenvalue weighted by Gasteiger charge is 2.50. The molecule has 0 spiro atoms. The van der Waals surface area contributed by atoms with Crippen molar-refractivity contribution in [2.75, 3.05) is 26.8 Å². The second-order valence-electron chi connectivity index (χ2n) is 11.6. The van der Waals surface area contributed by atoms with Gasteiger partial charge in [0.1, 0.15) is 17.4 Å². The molecule has 1 saturated carbocycles. The number of nitrogens with one attached hydrogen (secondary N) is 2. The first-order chi connectivity index (χ1) is 20.0. The number of carbonyl (C=O) groups excluding carboxylic acids is 2. The monoisotopic (exact) mass is 558 g/mol. The average molecular weight is 559 g/mol. The molecule has 1 atom stereocenters. The van der Waals surface area contributed by atoms with E-state index in [1.807, 2.05) is 41.3 Å². The van der Waals surface area contributed by atoms with Crippen LogP contribution in [0.3, 0.4) is 0 Å². The fraction of sp³-hybridized carbons (Fsp3) is 0.485. The number of aromatic nitrogens is 2. The molecule has 0 bridgehead atoms. The number of amides is 2. The second-order valence-corrected chi connectivity index (χ2v) is 11.6. The lowest BCUT2D eigenvalue weighted by Crippen LogP contribution is -2.66. The molecular weight excluding hydrogens is 516 g/mol. The van der Waals surface area contributed by atoms with Crippen molar-refractivity contribution in [3.63, 3.8) is 0 Å². The van der Waals surface area contributed by atoms with E-state index in [9.17, 15) is 9.59 Å². The first-order valence-corrected chi connectivity index (χ1v) is 14.8. The summed E-state index contributed by atoms with van der Waals surface area (Å²) in [6, 6.07) is 15.3. The standard InChI is InChI=1S/C33H42N4O4/c1-24-8-6-7-11-29(24)33(41-20-26-9-4-3-5-10-26)21-37(22-33)32(39)30(18-25-12-15-28(40-2)16-13-25)36-31(38)17-14-27-19-34-23-35-27/h6-8,11-13,15-16,19,23,26,30H,3-5,9-10,14,17-18,20-22H2,1-2H3,(H,34,35)(H,36,38). The number of rotatable bonds is 12. The Bertz CT molecular complexity index is 1280. The van der Waals surface area contributed by atoms with Crippen LogP contribution in [0, 0.1) is 12.8 Å². The lowest BCUT2D eigenvalue weighted by Gasteiger charge is -2.51. The van der Waals surface area contributed by atoms with Crippen molar-refractivity contribution in [2.24, 2.45) is 5.92 Å². The number of imidazole rings is 1. The van der Waals surface area contributed by atoms with Crippen molar-refractivity contribution < 1.29 is 19.1 Å². The zero-order valence-corrected chi connectivity index (χ0v) is 24.2. The van der Waals surface area contributed by atoms with E-state index < -0.39 is 11.6 Å². The minimum Gasteiger partial charge on any atom is -0.497 e. The molecule has 5 rings (SSSR count). The van der Waals surface area contributed by atoms with E-state index in [0.29, 0.717) is 31.8 Å². The summed E-state index contributed by atoms with van der Waals surface area (Å²) >= 11 is 0. The number of aromatic amines is 1. The van der Waals surface area contributed by atoms with Crippen molar-refractivity contribution in [1.29, 1.82) is 0 Å². The number of carbonyl (C=O) groups is 2. The van der Waals surface area contributed by atoms with Gasteiger partial charge in [-0.25, -0.2) is 4.98 Å². The normalized spacial score (nSPS) is 17.5. The lowest BCUT2D eigenvalue weighted by atomic mass is 9.82. The van der Waals surface area contributed by atoms with Gasteiger partial charge in [-0.1, -0.05) is 55.7 Å². The van der Waals surface area contributed by atoms with E-state index in [1.165, 1.54) is 37.7 Å². The molecular formula is C33H42N4O4. The molecule has 3 aromatic rings. The molecule has 1 unspecified atom stereocenters. The summed E-state index contributed by atoms with van der Waals surface area (Å²) in [4.78, 5) is 35.9. The maximum absolute atomic E-state index is 13.9. The lowest BCUT2D eigenvalue weighted by molar-refractivity contribution is -0.179. The molecule has 2 fully saturated rings. The Hall–Kier alpha value is -3.65. The maximum Gasteiger partial charge on any atom is 0.245 e. The van der Waals surface area contributed by atoms with Gasteiger partial charge in [-0.15, -0.1) is 0 Å². The summed E-state index contributed by atoms with van der Waals surface area (Å²) in [5.74, 6) is 1.07. The van der Waals surface area contributed by atoms with Crippen molar-refractivity contribution in [3.05, 3.63) is 83.4 Å². The minimum absolute atomic E-state index is 0.0839. The number of methoxy groups -OCH3 is 1. The van der Waals surface area contributed by atoms with Crippen LogP contribution in [0.5, 0.6) is 5.75 Å². The van der Waals surface area contributed by atoms with Gasteiger partial charge in [0.15, 0.2) is 0 Å². The van der Waals surface area contributed by atoms with Crippen molar-refractivity contribution in [3.8, 4) is 5.75 Å². The molecule has 8 heteroatoms. The summed E-state index contributed by atoms with van der Waals surface area (Å²) < 4.78 is 12.0. The second kappa shape index (κ2) is 13.3. The van der Waals surface area contributed by atoms with Gasteiger partial charge >= 0.3 is 0 Å². The number of nitrogens with zero attached hydrogens (tertiary/aromatic N) is 2. The minimum atomic E-state index is -0.678. The highest BCUT2D eigenvalue weighted by atomic mass is 16.5. The third kappa shape index (κ3) is 7.17. The molecule has 1 aliphatic carbocycles. The molecule has 2 aromatic carbocycles. The highest BCUT2D eigenvalue weighted by Crippen LogP contribution is 2.39. The SMILES string of the molecule is COc1ccc(CC(NC(=O)CCc2c[nH]cn2)C(=O)N2CC(OCC3CCCCC3)(c3ccccc3C)C2)cc1. The summed E-state index contributed by atoms with van der Waals surface area (Å²) in [5.41, 5.74) is 3.57. The number of ether oxygens (including phenoxy) is 2. The van der Waals surface area contributed by atoms with Crippen molar-refractivity contribution in [2.45, 2.75) is 69.9 Å². The van der Waals surface area contributed by atoms with Gasteiger partial charge in [-0.2, -0.15) is 0 Å².